The third-order valence-electron chi connectivity index (χ3n) is 6.40. The third-order valence-corrected chi connectivity index (χ3v) is 6.40. The number of amides is 2. The van der Waals surface area contributed by atoms with Gasteiger partial charge in [-0.15, -0.1) is 0 Å². The molecule has 49 heavy (non-hydrogen) atoms. The van der Waals surface area contributed by atoms with Gasteiger partial charge >= 0.3 is 23.3 Å². The summed E-state index contributed by atoms with van der Waals surface area (Å²) in [7, 11) is 0. The maximum Gasteiger partial charge on any atom is 0.343 e. The molecule has 0 fully saturated rings. The van der Waals surface area contributed by atoms with E-state index in [0.29, 0.717) is 0 Å². The van der Waals surface area contributed by atoms with E-state index in [2.05, 4.69) is 21.1 Å². The Hall–Kier alpha value is -7.10. The molecule has 0 saturated carbocycles. The van der Waals surface area contributed by atoms with E-state index in [1.807, 2.05) is 0 Å². The Balaban J connectivity index is 1.30. The molecule has 0 radical (unpaired) electrons. The van der Waals surface area contributed by atoms with E-state index in [0.717, 1.165) is 35.7 Å². The van der Waals surface area contributed by atoms with Crippen LogP contribution in [0.2, 0.25) is 0 Å². The number of nitro benzene ring substituents is 2. The summed E-state index contributed by atoms with van der Waals surface area (Å²) < 4.78 is 10.4. The van der Waals surface area contributed by atoms with Gasteiger partial charge in [0.1, 0.15) is 6.42 Å². The summed E-state index contributed by atoms with van der Waals surface area (Å²) in [5, 5.41) is 30.5. The maximum atomic E-state index is 12.4. The summed E-state index contributed by atoms with van der Waals surface area (Å²) in [6, 6.07) is 20.4. The Labute approximate surface area is 277 Å². The lowest BCUT2D eigenvalue weighted by molar-refractivity contribution is -0.385. The first kappa shape index (κ1) is 34.8. The van der Waals surface area contributed by atoms with Gasteiger partial charge in [0.05, 0.1) is 33.4 Å². The number of benzene rings is 4. The van der Waals surface area contributed by atoms with Crippen molar-refractivity contribution in [2.75, 3.05) is 0 Å². The highest BCUT2D eigenvalue weighted by molar-refractivity contribution is 5.98. The molecule has 0 aliphatic heterocycles. The quantitative estimate of drug-likeness (QED) is 0.0536. The van der Waals surface area contributed by atoms with Gasteiger partial charge < -0.3 is 9.47 Å². The number of ether oxygens (including phenoxy) is 2. The highest BCUT2D eigenvalue weighted by Crippen LogP contribution is 2.29. The number of rotatable bonds is 12. The zero-order chi connectivity index (χ0) is 35.5. The number of carbonyl (C=O) groups excluding carboxylic acids is 4. The second kappa shape index (κ2) is 15.9. The van der Waals surface area contributed by atoms with Crippen LogP contribution in [0.5, 0.6) is 11.5 Å². The zero-order valence-electron chi connectivity index (χ0n) is 25.8. The molecule has 0 saturated heterocycles. The van der Waals surface area contributed by atoms with E-state index < -0.39 is 51.4 Å². The average Bonchev–Trinajstić information content (AvgIpc) is 3.05. The van der Waals surface area contributed by atoms with Gasteiger partial charge in [0.2, 0.25) is 23.3 Å². The van der Waals surface area contributed by atoms with Gasteiger partial charge in [-0.3, -0.25) is 29.8 Å². The molecule has 16 nitrogen and oxygen atoms in total. The van der Waals surface area contributed by atoms with Crippen molar-refractivity contribution in [2.24, 2.45) is 10.2 Å². The molecular weight excluding hydrogens is 640 g/mol. The number of hydrogen-bond acceptors (Lipinski definition) is 12. The molecular formula is C33H26N6O10. The molecule has 0 aromatic heterocycles. The molecule has 4 aromatic rings. The van der Waals surface area contributed by atoms with Crippen molar-refractivity contribution in [3.8, 4) is 11.5 Å². The first-order valence-corrected chi connectivity index (χ1v) is 14.2. The fraction of sp³-hybridized carbons (Fsp3) is 0.0909. The summed E-state index contributed by atoms with van der Waals surface area (Å²) in [6.07, 6.45) is 1.46. The van der Waals surface area contributed by atoms with Crippen molar-refractivity contribution in [1.29, 1.82) is 0 Å². The number of nitrogens with zero attached hydrogens (tertiary/aromatic N) is 4. The fourth-order valence-corrected chi connectivity index (χ4v) is 4.13. The van der Waals surface area contributed by atoms with E-state index in [1.54, 1.807) is 50.2 Å². The van der Waals surface area contributed by atoms with Crippen LogP contribution in [-0.2, 0) is 9.59 Å². The molecule has 0 aliphatic carbocycles. The molecule has 0 unspecified atom stereocenters. The molecule has 0 heterocycles. The number of nitro groups is 2. The number of nitrogens with one attached hydrogen (secondary N) is 2. The predicted molar refractivity (Wildman–Crippen MR) is 175 cm³/mol. The molecule has 16 heteroatoms. The van der Waals surface area contributed by atoms with Crippen molar-refractivity contribution < 1.29 is 38.5 Å². The van der Waals surface area contributed by atoms with Gasteiger partial charge in [-0.1, -0.05) is 35.4 Å². The molecule has 2 N–H and O–H groups in total. The SMILES string of the molecule is Cc1cccc(C(=O)Oc2ccc(/C=N\NC(=O)CC(=O)N/N=C\c3ccc(OC(=O)c4cccc(C)c4)c([N+](=O)[O-])c3)cc2[N+](=O)[O-])c1. The van der Waals surface area contributed by atoms with Gasteiger partial charge in [0.15, 0.2) is 0 Å². The summed E-state index contributed by atoms with van der Waals surface area (Å²) >= 11 is 0. The molecule has 0 spiro atoms. The number of hydrogen-bond donors (Lipinski definition) is 2. The van der Waals surface area contributed by atoms with Gasteiger partial charge in [-0.25, -0.2) is 20.4 Å². The van der Waals surface area contributed by atoms with Crippen LogP contribution in [0.1, 0.15) is 49.4 Å². The minimum Gasteiger partial charge on any atom is -0.416 e. The van der Waals surface area contributed by atoms with E-state index in [9.17, 15) is 39.4 Å². The van der Waals surface area contributed by atoms with Crippen molar-refractivity contribution >= 4 is 47.6 Å². The van der Waals surface area contributed by atoms with Gasteiger partial charge in [0.25, 0.3) is 0 Å². The topological polar surface area (TPSA) is 222 Å². The van der Waals surface area contributed by atoms with Crippen LogP contribution in [0.4, 0.5) is 11.4 Å². The first-order valence-electron chi connectivity index (χ1n) is 14.2. The summed E-state index contributed by atoms with van der Waals surface area (Å²) in [5.41, 5.74) is 5.56. The van der Waals surface area contributed by atoms with Crippen molar-refractivity contribution in [2.45, 2.75) is 20.3 Å². The van der Waals surface area contributed by atoms with E-state index in [-0.39, 0.29) is 33.8 Å². The molecule has 0 atom stereocenters. The minimum absolute atomic E-state index is 0.182. The monoisotopic (exact) mass is 666 g/mol. The predicted octanol–water partition coefficient (Wildman–Crippen LogP) is 4.55. The highest BCUT2D eigenvalue weighted by atomic mass is 16.6. The second-order valence-electron chi connectivity index (χ2n) is 10.2. The van der Waals surface area contributed by atoms with Crippen LogP contribution < -0.4 is 20.3 Å². The van der Waals surface area contributed by atoms with Crippen LogP contribution in [0.15, 0.2) is 95.1 Å². The molecule has 2 amide bonds. The van der Waals surface area contributed by atoms with Crippen LogP contribution >= 0.6 is 0 Å². The van der Waals surface area contributed by atoms with Crippen LogP contribution in [-0.4, -0.2) is 46.0 Å². The Bertz CT molecular complexity index is 1880. The number of esters is 2. The molecule has 0 aliphatic rings. The van der Waals surface area contributed by atoms with Crippen LogP contribution in [0.25, 0.3) is 0 Å². The van der Waals surface area contributed by atoms with Crippen molar-refractivity contribution in [3.05, 3.63) is 139 Å². The minimum atomic E-state index is -0.849. The van der Waals surface area contributed by atoms with Crippen molar-refractivity contribution in [3.63, 3.8) is 0 Å². The number of carbonyl (C=O) groups is 4. The Morgan fingerprint density at radius 1 is 0.653 bits per heavy atom. The lowest BCUT2D eigenvalue weighted by Crippen LogP contribution is -2.27. The Morgan fingerprint density at radius 2 is 1.06 bits per heavy atom. The van der Waals surface area contributed by atoms with Gasteiger partial charge in [-0.2, -0.15) is 10.2 Å². The van der Waals surface area contributed by atoms with Crippen LogP contribution in [0.3, 0.4) is 0 Å². The molecule has 0 bridgehead atoms. The highest BCUT2D eigenvalue weighted by Gasteiger charge is 2.21. The fourth-order valence-electron chi connectivity index (χ4n) is 4.13. The average molecular weight is 667 g/mol. The molecule has 4 rings (SSSR count). The smallest absolute Gasteiger partial charge is 0.343 e. The number of aryl methyl sites for hydroxylation is 2. The summed E-state index contributed by atoms with van der Waals surface area (Å²) in [5.74, 6) is -3.84. The Morgan fingerprint density at radius 3 is 1.43 bits per heavy atom. The zero-order valence-corrected chi connectivity index (χ0v) is 25.8. The Kier molecular flexibility index (Phi) is 11.3. The van der Waals surface area contributed by atoms with Crippen LogP contribution in [0, 0.1) is 34.1 Å². The molecule has 4 aromatic carbocycles. The number of hydrazone groups is 2. The normalized spacial score (nSPS) is 10.8. The maximum absolute atomic E-state index is 12.4. The van der Waals surface area contributed by atoms with Gasteiger partial charge in [-0.05, 0) is 62.4 Å². The van der Waals surface area contributed by atoms with E-state index in [1.165, 1.54) is 36.4 Å². The lowest BCUT2D eigenvalue weighted by atomic mass is 10.1. The van der Waals surface area contributed by atoms with E-state index >= 15 is 0 Å². The third kappa shape index (κ3) is 9.94. The lowest BCUT2D eigenvalue weighted by Gasteiger charge is -2.06. The molecule has 248 valence electrons. The second-order valence-corrected chi connectivity index (χ2v) is 10.2. The summed E-state index contributed by atoms with van der Waals surface area (Å²) in [4.78, 5) is 70.8. The summed E-state index contributed by atoms with van der Waals surface area (Å²) in [6.45, 7) is 3.56. The van der Waals surface area contributed by atoms with Crippen molar-refractivity contribution in [1.82, 2.24) is 10.9 Å². The first-order chi connectivity index (χ1) is 23.4. The van der Waals surface area contributed by atoms with E-state index in [4.69, 9.17) is 9.47 Å². The standard InChI is InChI=1S/C33H26N6O10/c1-20-5-3-7-24(13-20)32(42)48-28-11-9-22(15-26(28)38(44)45)18-34-36-30(40)17-31(41)37-35-19-23-10-12-29(27(16-23)39(46)47)49-33(43)25-8-4-6-21(2)14-25/h3-16,18-19H,17H2,1-2H3,(H,36,40)(H,37,41)/b34-18-,35-19-. The van der Waals surface area contributed by atoms with Gasteiger partial charge in [0, 0.05) is 23.3 Å². The largest absolute Gasteiger partial charge is 0.416 e.